The fourth-order valence-corrected chi connectivity index (χ4v) is 3.32. The van der Waals surface area contributed by atoms with Crippen molar-refractivity contribution in [2.75, 3.05) is 26.2 Å². The van der Waals surface area contributed by atoms with Gasteiger partial charge in [0.15, 0.2) is 5.96 Å². The van der Waals surface area contributed by atoms with E-state index < -0.39 is 24.0 Å². The van der Waals surface area contributed by atoms with Crippen molar-refractivity contribution < 1.29 is 23.1 Å². The van der Waals surface area contributed by atoms with Crippen LogP contribution in [0.1, 0.15) is 38.9 Å². The number of halogens is 3. The first kappa shape index (κ1) is 23.0. The van der Waals surface area contributed by atoms with Crippen LogP contribution in [0.2, 0.25) is 0 Å². The molecule has 29 heavy (non-hydrogen) atoms. The van der Waals surface area contributed by atoms with Gasteiger partial charge in [0.25, 0.3) is 0 Å². The number of rotatable bonds is 7. The largest absolute Gasteiger partial charge is 0.424 e. The highest BCUT2D eigenvalue weighted by molar-refractivity contribution is 5.80. The minimum atomic E-state index is -4.89. The van der Waals surface area contributed by atoms with Crippen molar-refractivity contribution in [3.8, 4) is 0 Å². The number of guanidine groups is 1. The number of aromatic nitrogens is 2. The Morgan fingerprint density at radius 1 is 1.41 bits per heavy atom. The molecule has 0 radical (unpaired) electrons. The first-order valence-corrected chi connectivity index (χ1v) is 9.71. The van der Waals surface area contributed by atoms with Gasteiger partial charge in [0.2, 0.25) is 11.5 Å². The Morgan fingerprint density at radius 2 is 2.14 bits per heavy atom. The van der Waals surface area contributed by atoms with Crippen LogP contribution in [0, 0.1) is 0 Å². The Bertz CT molecular complexity index is 721. The molecule has 0 aromatic carbocycles. The molecule has 3 N–H and O–H groups in total. The van der Waals surface area contributed by atoms with E-state index in [9.17, 15) is 23.1 Å². The molecule has 2 rings (SSSR count). The Balaban J connectivity index is 2.05. The number of carbonyl (C=O) groups excluding carboxylic acids is 1. The maximum atomic E-state index is 13.6. The molecule has 1 aromatic heterocycles. The van der Waals surface area contributed by atoms with Gasteiger partial charge in [-0.2, -0.15) is 13.2 Å². The van der Waals surface area contributed by atoms with Gasteiger partial charge in [0.05, 0.1) is 0 Å². The number of carbonyl (C=O) groups is 1. The molecule has 1 amide bonds. The summed E-state index contributed by atoms with van der Waals surface area (Å²) < 4.78 is 41.9. The van der Waals surface area contributed by atoms with Crippen LogP contribution in [-0.4, -0.2) is 69.8 Å². The Kier molecular flexibility index (Phi) is 7.50. The van der Waals surface area contributed by atoms with Gasteiger partial charge in [-0.25, -0.2) is 4.98 Å². The van der Waals surface area contributed by atoms with Gasteiger partial charge in [-0.3, -0.25) is 9.79 Å². The van der Waals surface area contributed by atoms with Crippen molar-refractivity contribution in [2.24, 2.45) is 12.0 Å². The van der Waals surface area contributed by atoms with Crippen LogP contribution in [0.4, 0.5) is 13.2 Å². The lowest BCUT2D eigenvalue weighted by molar-refractivity contribution is -0.272. The summed E-state index contributed by atoms with van der Waals surface area (Å²) in [5, 5.41) is 16.5. The van der Waals surface area contributed by atoms with Crippen molar-refractivity contribution in [2.45, 2.75) is 50.9 Å². The van der Waals surface area contributed by atoms with E-state index in [1.807, 2.05) is 6.92 Å². The van der Waals surface area contributed by atoms with Crippen LogP contribution in [0.3, 0.4) is 0 Å². The van der Waals surface area contributed by atoms with E-state index in [-0.39, 0.29) is 18.5 Å². The molecular weight excluding hydrogens is 389 g/mol. The number of nitrogens with one attached hydrogen (secondary N) is 2. The second kappa shape index (κ2) is 9.47. The van der Waals surface area contributed by atoms with Crippen LogP contribution in [0.15, 0.2) is 17.4 Å². The van der Waals surface area contributed by atoms with Gasteiger partial charge < -0.3 is 25.2 Å². The molecule has 1 saturated heterocycles. The van der Waals surface area contributed by atoms with Crippen molar-refractivity contribution in [1.29, 1.82) is 0 Å². The van der Waals surface area contributed by atoms with Gasteiger partial charge in [-0.1, -0.05) is 6.92 Å². The number of likely N-dealkylation sites (tertiary alicyclic amines) is 1. The van der Waals surface area contributed by atoms with E-state index in [1.54, 1.807) is 11.8 Å². The molecule has 0 spiro atoms. The molecular formula is C18H29F3N6O2. The minimum Gasteiger partial charge on any atom is -0.374 e. The van der Waals surface area contributed by atoms with E-state index in [0.717, 1.165) is 11.0 Å². The quantitative estimate of drug-likeness (QED) is 0.456. The molecule has 8 nitrogen and oxygen atoms in total. The zero-order valence-electron chi connectivity index (χ0n) is 17.0. The summed E-state index contributed by atoms with van der Waals surface area (Å²) in [7, 11) is 1.40. The number of alkyl halides is 3. The number of aliphatic hydroxyl groups is 1. The second-order valence-corrected chi connectivity index (χ2v) is 7.05. The summed E-state index contributed by atoms with van der Waals surface area (Å²) in [6, 6.07) is -0.0284. The fraction of sp³-hybridized carbons (Fsp3) is 0.722. The maximum Gasteiger partial charge on any atom is 0.424 e. The molecule has 1 aliphatic rings. The number of amides is 1. The molecule has 164 valence electrons. The smallest absolute Gasteiger partial charge is 0.374 e. The molecule has 2 atom stereocenters. The van der Waals surface area contributed by atoms with Crippen LogP contribution < -0.4 is 10.6 Å². The molecule has 0 saturated carbocycles. The van der Waals surface area contributed by atoms with E-state index in [1.165, 1.54) is 19.4 Å². The summed E-state index contributed by atoms with van der Waals surface area (Å²) in [6.45, 7) is 5.08. The van der Waals surface area contributed by atoms with Crippen molar-refractivity contribution in [3.05, 3.63) is 18.2 Å². The van der Waals surface area contributed by atoms with E-state index in [2.05, 4.69) is 20.6 Å². The van der Waals surface area contributed by atoms with Crippen molar-refractivity contribution in [3.63, 3.8) is 0 Å². The lowest BCUT2D eigenvalue weighted by Crippen LogP contribution is -2.46. The standard InChI is InChI=1S/C18H29F3N6O2/c1-4-14(28)27-10-6-13(12-27)25-16(22-5-2)24-8-7-17(29,18(19,20)21)15-23-9-11-26(15)3/h9,11,13,29H,4-8,10,12H2,1-3H3,(H2,22,24,25). The normalized spacial score (nSPS) is 19.9. The lowest BCUT2D eigenvalue weighted by atomic mass is 9.98. The molecule has 2 unspecified atom stereocenters. The summed E-state index contributed by atoms with van der Waals surface area (Å²) in [6.07, 6.45) is -1.82. The van der Waals surface area contributed by atoms with Crippen LogP contribution in [-0.2, 0) is 17.4 Å². The highest BCUT2D eigenvalue weighted by Gasteiger charge is 2.57. The van der Waals surface area contributed by atoms with E-state index >= 15 is 0 Å². The zero-order chi connectivity index (χ0) is 21.7. The number of aryl methyl sites for hydroxylation is 1. The first-order valence-electron chi connectivity index (χ1n) is 9.71. The van der Waals surface area contributed by atoms with Crippen molar-refractivity contribution >= 4 is 11.9 Å². The van der Waals surface area contributed by atoms with Gasteiger partial charge in [-0.05, 0) is 13.3 Å². The number of aliphatic imine (C=N–C) groups is 1. The Labute approximate surface area is 168 Å². The third kappa shape index (κ3) is 5.40. The maximum absolute atomic E-state index is 13.6. The molecule has 0 bridgehead atoms. The average molecular weight is 418 g/mol. The third-order valence-electron chi connectivity index (χ3n) is 4.93. The predicted molar refractivity (Wildman–Crippen MR) is 102 cm³/mol. The summed E-state index contributed by atoms with van der Waals surface area (Å²) >= 11 is 0. The first-order chi connectivity index (χ1) is 13.6. The van der Waals surface area contributed by atoms with Crippen molar-refractivity contribution in [1.82, 2.24) is 25.1 Å². The predicted octanol–water partition coefficient (Wildman–Crippen LogP) is 1.13. The third-order valence-corrected chi connectivity index (χ3v) is 4.93. The fourth-order valence-electron chi connectivity index (χ4n) is 3.32. The van der Waals surface area contributed by atoms with E-state index in [0.29, 0.717) is 32.0 Å². The molecule has 1 aliphatic heterocycles. The van der Waals surface area contributed by atoms with Crippen LogP contribution in [0.5, 0.6) is 0 Å². The average Bonchev–Trinajstić information content (AvgIpc) is 3.29. The number of imidazole rings is 1. The molecule has 2 heterocycles. The number of nitrogens with zero attached hydrogens (tertiary/aromatic N) is 4. The molecule has 11 heteroatoms. The molecule has 1 aromatic rings. The highest BCUT2D eigenvalue weighted by atomic mass is 19.4. The second-order valence-electron chi connectivity index (χ2n) is 7.05. The summed E-state index contributed by atoms with van der Waals surface area (Å²) in [5.74, 6) is -0.0446. The van der Waals surface area contributed by atoms with E-state index in [4.69, 9.17) is 0 Å². The lowest BCUT2D eigenvalue weighted by Gasteiger charge is -2.29. The highest BCUT2D eigenvalue weighted by Crippen LogP contribution is 2.40. The number of hydrogen-bond acceptors (Lipinski definition) is 4. The van der Waals surface area contributed by atoms with Gasteiger partial charge in [0, 0.05) is 64.5 Å². The summed E-state index contributed by atoms with van der Waals surface area (Å²) in [5.41, 5.74) is -3.09. The minimum absolute atomic E-state index is 0.0284. The Hall–Kier alpha value is -2.30. The summed E-state index contributed by atoms with van der Waals surface area (Å²) in [4.78, 5) is 21.4. The number of hydrogen-bond donors (Lipinski definition) is 3. The molecule has 0 aliphatic carbocycles. The Morgan fingerprint density at radius 3 is 2.69 bits per heavy atom. The van der Waals surface area contributed by atoms with Gasteiger partial charge in [0.1, 0.15) is 5.82 Å². The topological polar surface area (TPSA) is 94.8 Å². The van der Waals surface area contributed by atoms with Gasteiger partial charge >= 0.3 is 6.18 Å². The van der Waals surface area contributed by atoms with Crippen LogP contribution in [0.25, 0.3) is 0 Å². The van der Waals surface area contributed by atoms with Gasteiger partial charge in [-0.15, -0.1) is 0 Å². The van der Waals surface area contributed by atoms with Crippen LogP contribution >= 0.6 is 0 Å². The zero-order valence-corrected chi connectivity index (χ0v) is 17.0. The molecule has 1 fully saturated rings. The SMILES string of the molecule is CCNC(=NCCC(O)(c1nccn1C)C(F)(F)F)NC1CCN(C(=O)CC)C1. The monoisotopic (exact) mass is 418 g/mol.